The van der Waals surface area contributed by atoms with Crippen LogP contribution in [0.25, 0.3) is 0 Å². The van der Waals surface area contributed by atoms with E-state index in [1.165, 1.54) is 0 Å². The van der Waals surface area contributed by atoms with E-state index in [2.05, 4.69) is 4.99 Å². The van der Waals surface area contributed by atoms with E-state index < -0.39 is 6.04 Å². The lowest BCUT2D eigenvalue weighted by molar-refractivity contribution is -0.692. The monoisotopic (exact) mass is 400 g/mol. The van der Waals surface area contributed by atoms with Gasteiger partial charge in [0.25, 0.3) is 0 Å². The Balaban J connectivity index is 1.98. The molecule has 3 rings (SSSR count). The van der Waals surface area contributed by atoms with Crippen molar-refractivity contribution in [2.24, 2.45) is 4.99 Å². The molecule has 2 aromatic heterocycles. The highest BCUT2D eigenvalue weighted by Crippen LogP contribution is 2.16. The van der Waals surface area contributed by atoms with Crippen molar-refractivity contribution in [1.29, 1.82) is 0 Å². The van der Waals surface area contributed by atoms with Gasteiger partial charge in [-0.3, -0.25) is 4.79 Å². The number of aliphatic hydroxyl groups excluding tert-OH is 1. The fourth-order valence-corrected chi connectivity index (χ4v) is 3.01. The number of aliphatic hydroxyl groups is 1. The van der Waals surface area contributed by atoms with Crippen LogP contribution in [-0.4, -0.2) is 15.9 Å². The van der Waals surface area contributed by atoms with Crippen LogP contribution in [-0.2, 0) is 25.8 Å². The van der Waals surface area contributed by atoms with Crippen molar-refractivity contribution < 1.29 is 18.9 Å². The van der Waals surface area contributed by atoms with Crippen LogP contribution >= 0.6 is 11.6 Å². The van der Waals surface area contributed by atoms with Crippen LogP contribution in [0.4, 0.5) is 0 Å². The Kier molecular flexibility index (Phi) is 6.34. The number of carbonyl (C=O) groups is 1. The molecule has 0 bridgehead atoms. The maximum Gasteiger partial charge on any atom is 0.237 e. The molecule has 0 spiro atoms. The molecule has 5 nitrogen and oxygen atoms in total. The van der Waals surface area contributed by atoms with Gasteiger partial charge < -0.3 is 27.1 Å². The summed E-state index contributed by atoms with van der Waals surface area (Å²) >= 11 is 11.4. The van der Waals surface area contributed by atoms with Crippen LogP contribution in [0.3, 0.4) is 0 Å². The van der Waals surface area contributed by atoms with Gasteiger partial charge in [-0.2, -0.15) is 4.57 Å². The Bertz CT molecular complexity index is 940. The lowest BCUT2D eigenvalue weighted by Crippen LogP contribution is -2.48. The summed E-state index contributed by atoms with van der Waals surface area (Å²) < 4.78 is 6.93. The van der Waals surface area contributed by atoms with Gasteiger partial charge >= 0.3 is 0 Å². The van der Waals surface area contributed by atoms with E-state index in [0.717, 1.165) is 0 Å². The fourth-order valence-electron chi connectivity index (χ4n) is 2.59. The average molecular weight is 401 g/mol. The third-order valence-electron chi connectivity index (χ3n) is 3.95. The predicted octanol–water partition coefficient (Wildman–Crippen LogP) is 3.28. The highest BCUT2D eigenvalue weighted by atomic mass is 35.5. The van der Waals surface area contributed by atoms with Gasteiger partial charge in [-0.15, -0.1) is 0 Å². The number of aliphatic imine (C=N–C) groups is 1. The highest BCUT2D eigenvalue weighted by Gasteiger charge is 2.28. The lowest BCUT2D eigenvalue weighted by atomic mass is 10.0. The number of halogens is 1. The number of furan rings is 1. The van der Waals surface area contributed by atoms with Crippen LogP contribution in [0.2, 0.25) is 5.02 Å². The minimum atomic E-state index is -0.817. The number of Topliss-reactive ketones (excluding diaryl/α,β-unsaturated/α-hetero) is 1. The molecule has 138 valence electrons. The van der Waals surface area contributed by atoms with Gasteiger partial charge in [-0.1, -0.05) is 11.6 Å². The zero-order chi connectivity index (χ0) is 19.2. The van der Waals surface area contributed by atoms with Crippen LogP contribution in [0.1, 0.15) is 27.7 Å². The van der Waals surface area contributed by atoms with E-state index in [1.54, 1.807) is 71.8 Å². The quantitative estimate of drug-likeness (QED) is 0.217. The fraction of sp³-hybridized carbons (Fsp3) is 0.150. The summed E-state index contributed by atoms with van der Waals surface area (Å²) in [6.07, 6.45) is 4.98. The second kappa shape index (κ2) is 8.90. The first-order valence-electron chi connectivity index (χ1n) is 8.22. The molecule has 0 fully saturated rings. The second-order valence-electron chi connectivity index (χ2n) is 5.83. The molecule has 3 aromatic rings. The number of nitrogens with zero attached hydrogens (tertiary/aromatic N) is 2. The van der Waals surface area contributed by atoms with Crippen molar-refractivity contribution in [3.8, 4) is 0 Å². The minimum absolute atomic E-state index is 0.140. The first-order chi connectivity index (χ1) is 13.1. The third-order valence-corrected chi connectivity index (χ3v) is 4.55. The Morgan fingerprint density at radius 3 is 2.67 bits per heavy atom. The molecule has 0 aliphatic rings. The number of rotatable bonds is 7. The van der Waals surface area contributed by atoms with E-state index in [0.29, 0.717) is 21.9 Å². The molecule has 0 saturated heterocycles. The molecule has 27 heavy (non-hydrogen) atoms. The molecule has 0 saturated carbocycles. The van der Waals surface area contributed by atoms with Crippen LogP contribution in [0.5, 0.6) is 0 Å². The van der Waals surface area contributed by atoms with Gasteiger partial charge in [0.2, 0.25) is 11.8 Å². The van der Waals surface area contributed by atoms with Crippen molar-refractivity contribution in [3.05, 3.63) is 89.1 Å². The van der Waals surface area contributed by atoms with Crippen LogP contribution in [0, 0.1) is 0 Å². The number of pyridine rings is 1. The summed E-state index contributed by atoms with van der Waals surface area (Å²) in [6, 6.07) is 12.9. The topological polar surface area (TPSA) is 66.7 Å². The molecular formula is C20H17ClN2O3S. The van der Waals surface area contributed by atoms with Gasteiger partial charge in [0.05, 0.1) is 19.4 Å². The molecule has 0 aliphatic heterocycles. The van der Waals surface area contributed by atoms with E-state index in [-0.39, 0.29) is 24.0 Å². The highest BCUT2D eigenvalue weighted by molar-refractivity contribution is 7.77. The molecule has 7 heteroatoms. The van der Waals surface area contributed by atoms with Crippen molar-refractivity contribution in [3.63, 3.8) is 0 Å². The first kappa shape index (κ1) is 19.2. The van der Waals surface area contributed by atoms with E-state index in [1.807, 2.05) is 0 Å². The molecule has 2 heterocycles. The number of aromatic nitrogens is 1. The summed E-state index contributed by atoms with van der Waals surface area (Å²) in [5.41, 5.74) is 1.14. The zero-order valence-corrected chi connectivity index (χ0v) is 15.9. The SMILES string of the molecule is O=C(c1ccc(Cl)cc1)[C@H](C([S-])=NCc1ccco1)[n+]1cccc(CO)c1. The standard InChI is InChI=1S/C20H17ClN2O3S/c21-16-7-5-15(6-8-16)19(25)18(23-9-1-3-14(12-23)13-24)20(27)22-11-17-4-2-10-26-17/h1-10,12,18,24H,11,13H2/t18-/m1/s1. The Hall–Kier alpha value is -2.54. The normalized spacial score (nSPS) is 12.7. The Morgan fingerprint density at radius 2 is 2.00 bits per heavy atom. The molecule has 0 radical (unpaired) electrons. The van der Waals surface area contributed by atoms with Gasteiger partial charge in [0, 0.05) is 22.2 Å². The van der Waals surface area contributed by atoms with Gasteiger partial charge in [-0.05, 0) is 47.5 Å². The number of ketones is 1. The Labute approximate surface area is 167 Å². The van der Waals surface area contributed by atoms with Crippen molar-refractivity contribution in [1.82, 2.24) is 0 Å². The third kappa shape index (κ3) is 4.80. The van der Waals surface area contributed by atoms with Gasteiger partial charge in [0.15, 0.2) is 12.4 Å². The molecule has 0 amide bonds. The molecule has 1 N–H and O–H groups in total. The van der Waals surface area contributed by atoms with Crippen molar-refractivity contribution in [2.75, 3.05) is 0 Å². The lowest BCUT2D eigenvalue weighted by Gasteiger charge is -2.19. The van der Waals surface area contributed by atoms with E-state index in [9.17, 15) is 9.90 Å². The predicted molar refractivity (Wildman–Crippen MR) is 105 cm³/mol. The maximum atomic E-state index is 13.2. The molecule has 0 unspecified atom stereocenters. The number of benzene rings is 1. The zero-order valence-electron chi connectivity index (χ0n) is 14.3. The summed E-state index contributed by atoms with van der Waals surface area (Å²) in [7, 11) is 0. The molecule has 0 aliphatic carbocycles. The van der Waals surface area contributed by atoms with Gasteiger partial charge in [-0.25, -0.2) is 0 Å². The van der Waals surface area contributed by atoms with E-state index in [4.69, 9.17) is 28.6 Å². The summed E-state index contributed by atoms with van der Waals surface area (Å²) in [4.78, 5) is 17.5. The summed E-state index contributed by atoms with van der Waals surface area (Å²) in [6.45, 7) is 0.107. The number of hydrogen-bond acceptors (Lipinski definition) is 5. The van der Waals surface area contributed by atoms with Gasteiger partial charge in [0.1, 0.15) is 5.76 Å². The second-order valence-corrected chi connectivity index (χ2v) is 6.68. The number of carbonyl (C=O) groups excluding carboxylic acids is 1. The Morgan fingerprint density at radius 1 is 1.22 bits per heavy atom. The van der Waals surface area contributed by atoms with Crippen molar-refractivity contribution in [2.45, 2.75) is 19.2 Å². The minimum Gasteiger partial charge on any atom is -0.758 e. The molecule has 1 aromatic carbocycles. The summed E-state index contributed by atoms with van der Waals surface area (Å²) in [5, 5.41) is 10.2. The molecular weight excluding hydrogens is 384 g/mol. The number of hydrogen-bond donors (Lipinski definition) is 1. The average Bonchev–Trinajstić information content (AvgIpc) is 3.21. The van der Waals surface area contributed by atoms with Crippen molar-refractivity contribution >= 4 is 35.1 Å². The van der Waals surface area contributed by atoms with E-state index >= 15 is 0 Å². The largest absolute Gasteiger partial charge is 0.758 e. The van der Waals surface area contributed by atoms with Crippen LogP contribution in [0.15, 0.2) is 76.6 Å². The summed E-state index contributed by atoms with van der Waals surface area (Å²) in [5.74, 6) is 0.448. The molecule has 1 atom stereocenters. The maximum absolute atomic E-state index is 13.2. The smallest absolute Gasteiger partial charge is 0.237 e. The first-order valence-corrected chi connectivity index (χ1v) is 9.01. The van der Waals surface area contributed by atoms with Crippen LogP contribution < -0.4 is 4.57 Å².